The Morgan fingerprint density at radius 1 is 0.429 bits per heavy atom. The number of rotatable bonds is 5. The van der Waals surface area contributed by atoms with Crippen LogP contribution in [0.5, 0.6) is 0 Å². The molecule has 0 amide bonds. The highest BCUT2D eigenvalue weighted by Gasteiger charge is 2.21. The van der Waals surface area contributed by atoms with Crippen molar-refractivity contribution in [3.63, 3.8) is 0 Å². The number of hydrogen-bond donors (Lipinski definition) is 0. The van der Waals surface area contributed by atoms with Crippen molar-refractivity contribution in [3.05, 3.63) is 182 Å². The minimum Gasteiger partial charge on any atom is -0.455 e. The van der Waals surface area contributed by atoms with Crippen molar-refractivity contribution >= 4 is 71.6 Å². The number of nitrogens with zero attached hydrogens (tertiary/aromatic N) is 2. The minimum atomic E-state index is 0.913. The van der Waals surface area contributed by atoms with E-state index >= 15 is 0 Å². The summed E-state index contributed by atoms with van der Waals surface area (Å²) < 4.78 is 8.77. The summed E-state index contributed by atoms with van der Waals surface area (Å²) in [5, 5.41) is 7.03. The first-order chi connectivity index (χ1) is 24.3. The third kappa shape index (κ3) is 4.29. The molecule has 3 nitrogen and oxygen atoms in total. The molecular formula is C46H30N2O. The Kier molecular flexibility index (Phi) is 6.18. The van der Waals surface area contributed by atoms with Crippen molar-refractivity contribution in [2.45, 2.75) is 0 Å². The molecule has 0 N–H and O–H groups in total. The quantitative estimate of drug-likeness (QED) is 0.190. The summed E-state index contributed by atoms with van der Waals surface area (Å²) in [7, 11) is 0. The third-order valence-corrected chi connectivity index (χ3v) is 9.77. The molecule has 230 valence electrons. The summed E-state index contributed by atoms with van der Waals surface area (Å²) in [5.41, 5.74) is 11.1. The van der Waals surface area contributed by atoms with E-state index in [2.05, 4.69) is 185 Å². The van der Waals surface area contributed by atoms with E-state index < -0.39 is 0 Å². The summed E-state index contributed by atoms with van der Waals surface area (Å²) in [6.07, 6.45) is 0. The van der Waals surface area contributed by atoms with Crippen LogP contribution in [0.4, 0.5) is 17.1 Å². The van der Waals surface area contributed by atoms with E-state index in [0.717, 1.165) is 50.1 Å². The molecule has 0 atom stereocenters. The van der Waals surface area contributed by atoms with Gasteiger partial charge in [0.2, 0.25) is 0 Å². The van der Waals surface area contributed by atoms with Gasteiger partial charge in [-0.25, -0.2) is 0 Å². The standard InChI is InChI=1S/C46H30N2O/c1-3-14-32(15-4-1)47(42-23-13-24-43-45(42)38-21-9-11-22-41(38)48(43)33-16-5-2-6-17-33)34-28-26-31(27-29-34)39-30-40-36-19-10-12-25-44(36)49-46(40)37-20-8-7-18-35(37)39/h1-30H. The van der Waals surface area contributed by atoms with Crippen LogP contribution in [0.15, 0.2) is 186 Å². The van der Waals surface area contributed by atoms with E-state index in [1.54, 1.807) is 0 Å². The fourth-order valence-electron chi connectivity index (χ4n) is 7.62. The maximum absolute atomic E-state index is 6.39. The molecule has 0 spiro atoms. The predicted molar refractivity (Wildman–Crippen MR) is 206 cm³/mol. The van der Waals surface area contributed by atoms with Crippen LogP contribution in [0.2, 0.25) is 0 Å². The van der Waals surface area contributed by atoms with Gasteiger partial charge in [-0.3, -0.25) is 0 Å². The molecule has 10 aromatic rings. The number of furan rings is 1. The maximum Gasteiger partial charge on any atom is 0.143 e. The molecule has 0 fully saturated rings. The molecule has 0 saturated carbocycles. The zero-order chi connectivity index (χ0) is 32.3. The molecule has 0 saturated heterocycles. The average molecular weight is 627 g/mol. The van der Waals surface area contributed by atoms with Gasteiger partial charge in [-0.2, -0.15) is 0 Å². The number of aromatic nitrogens is 1. The Morgan fingerprint density at radius 2 is 1.04 bits per heavy atom. The van der Waals surface area contributed by atoms with Gasteiger partial charge in [0.15, 0.2) is 0 Å². The van der Waals surface area contributed by atoms with Gasteiger partial charge in [0.25, 0.3) is 0 Å². The molecule has 2 heterocycles. The lowest BCUT2D eigenvalue weighted by Crippen LogP contribution is -2.10. The lowest BCUT2D eigenvalue weighted by molar-refractivity contribution is 0.672. The van der Waals surface area contributed by atoms with Crippen molar-refractivity contribution in [1.29, 1.82) is 0 Å². The maximum atomic E-state index is 6.39. The van der Waals surface area contributed by atoms with Crippen molar-refractivity contribution in [2.75, 3.05) is 4.90 Å². The number of hydrogen-bond acceptors (Lipinski definition) is 2. The van der Waals surface area contributed by atoms with Crippen LogP contribution in [0.1, 0.15) is 0 Å². The van der Waals surface area contributed by atoms with Crippen LogP contribution >= 0.6 is 0 Å². The monoisotopic (exact) mass is 626 g/mol. The van der Waals surface area contributed by atoms with Gasteiger partial charge in [-0.1, -0.05) is 115 Å². The number of para-hydroxylation sites is 4. The summed E-state index contributed by atoms with van der Waals surface area (Å²) in [6, 6.07) is 64.9. The van der Waals surface area contributed by atoms with Crippen molar-refractivity contribution in [3.8, 4) is 16.8 Å². The second kappa shape index (κ2) is 11.0. The van der Waals surface area contributed by atoms with Crippen LogP contribution in [0.25, 0.3) is 71.3 Å². The Morgan fingerprint density at radius 3 is 1.84 bits per heavy atom. The number of fused-ring (bicyclic) bond motifs is 8. The normalized spacial score (nSPS) is 11.7. The van der Waals surface area contributed by atoms with Gasteiger partial charge >= 0.3 is 0 Å². The lowest BCUT2D eigenvalue weighted by Gasteiger charge is -2.26. The summed E-state index contributed by atoms with van der Waals surface area (Å²) in [5.74, 6) is 0. The molecule has 0 aliphatic heterocycles. The highest BCUT2D eigenvalue weighted by atomic mass is 16.3. The van der Waals surface area contributed by atoms with E-state index in [-0.39, 0.29) is 0 Å². The van der Waals surface area contributed by atoms with Gasteiger partial charge in [0, 0.05) is 44.0 Å². The molecule has 0 aliphatic carbocycles. The summed E-state index contributed by atoms with van der Waals surface area (Å²) >= 11 is 0. The largest absolute Gasteiger partial charge is 0.455 e. The van der Waals surface area contributed by atoms with E-state index in [4.69, 9.17) is 4.42 Å². The van der Waals surface area contributed by atoms with E-state index in [1.165, 1.54) is 38.3 Å². The molecule has 0 aliphatic rings. The average Bonchev–Trinajstić information content (AvgIpc) is 3.72. The smallest absolute Gasteiger partial charge is 0.143 e. The molecular weight excluding hydrogens is 597 g/mol. The zero-order valence-corrected chi connectivity index (χ0v) is 26.6. The Hall–Kier alpha value is -6.58. The molecule has 0 unspecified atom stereocenters. The van der Waals surface area contributed by atoms with E-state index in [9.17, 15) is 0 Å². The first-order valence-electron chi connectivity index (χ1n) is 16.7. The predicted octanol–water partition coefficient (Wildman–Crippen LogP) is 13.0. The lowest BCUT2D eigenvalue weighted by atomic mass is 9.95. The molecule has 0 bridgehead atoms. The third-order valence-electron chi connectivity index (χ3n) is 9.77. The second-order valence-electron chi connectivity index (χ2n) is 12.5. The van der Waals surface area contributed by atoms with Crippen LogP contribution in [-0.4, -0.2) is 4.57 Å². The first-order valence-corrected chi connectivity index (χ1v) is 16.7. The van der Waals surface area contributed by atoms with E-state index in [0.29, 0.717) is 0 Å². The van der Waals surface area contributed by atoms with Crippen LogP contribution in [0, 0.1) is 0 Å². The van der Waals surface area contributed by atoms with Crippen molar-refractivity contribution in [2.24, 2.45) is 0 Å². The fourth-order valence-corrected chi connectivity index (χ4v) is 7.62. The zero-order valence-electron chi connectivity index (χ0n) is 26.6. The van der Waals surface area contributed by atoms with Gasteiger partial charge in [0.1, 0.15) is 11.2 Å². The highest BCUT2D eigenvalue weighted by molar-refractivity contribution is 6.19. The van der Waals surface area contributed by atoms with Gasteiger partial charge in [-0.15, -0.1) is 0 Å². The Labute approximate surface area is 283 Å². The van der Waals surface area contributed by atoms with Crippen molar-refractivity contribution < 1.29 is 4.42 Å². The van der Waals surface area contributed by atoms with E-state index in [1.807, 2.05) is 6.07 Å². The van der Waals surface area contributed by atoms with Crippen LogP contribution < -0.4 is 4.90 Å². The van der Waals surface area contributed by atoms with Gasteiger partial charge in [0.05, 0.1) is 16.7 Å². The topological polar surface area (TPSA) is 21.3 Å². The SMILES string of the molecule is c1ccc(N(c2ccc(-c3cc4c5ccccc5oc4c4ccccc34)cc2)c2cccc3c2c2ccccc2n3-c2ccccc2)cc1. The molecule has 0 radical (unpaired) electrons. The summed E-state index contributed by atoms with van der Waals surface area (Å²) in [4.78, 5) is 2.39. The second-order valence-corrected chi connectivity index (χ2v) is 12.5. The Balaban J connectivity index is 1.18. The van der Waals surface area contributed by atoms with Crippen LogP contribution in [-0.2, 0) is 0 Å². The molecule has 49 heavy (non-hydrogen) atoms. The highest BCUT2D eigenvalue weighted by Crippen LogP contribution is 2.45. The minimum absolute atomic E-state index is 0.913. The van der Waals surface area contributed by atoms with Gasteiger partial charge < -0.3 is 13.9 Å². The number of anilines is 3. The Bertz CT molecular complexity index is 2810. The van der Waals surface area contributed by atoms with Gasteiger partial charge in [-0.05, 0) is 83.2 Å². The molecule has 10 rings (SSSR count). The van der Waals surface area contributed by atoms with Crippen molar-refractivity contribution in [1.82, 2.24) is 4.57 Å². The molecule has 3 heteroatoms. The fraction of sp³-hybridized carbons (Fsp3) is 0. The molecule has 2 aromatic heterocycles. The first kappa shape index (κ1) is 27.5. The molecule has 8 aromatic carbocycles. The summed E-state index contributed by atoms with van der Waals surface area (Å²) in [6.45, 7) is 0. The van der Waals surface area contributed by atoms with Crippen LogP contribution in [0.3, 0.4) is 0 Å². The number of benzene rings is 8.